The minimum Gasteiger partial charge on any atom is -0.326 e. The van der Waals surface area contributed by atoms with E-state index in [2.05, 4.69) is 24.4 Å². The van der Waals surface area contributed by atoms with Gasteiger partial charge in [-0.25, -0.2) is 0 Å². The molecule has 3 aliphatic rings. The molecule has 5 heteroatoms. The molecule has 0 aromatic carbocycles. The first-order chi connectivity index (χ1) is 10.5. The molecule has 0 spiro atoms. The molecule has 0 aromatic heterocycles. The van der Waals surface area contributed by atoms with E-state index in [0.29, 0.717) is 24.9 Å². The van der Waals surface area contributed by atoms with Gasteiger partial charge in [-0.2, -0.15) is 10.5 Å². The van der Waals surface area contributed by atoms with Crippen LogP contribution >= 0.6 is 0 Å². The Bertz CT molecular complexity index is 518. The van der Waals surface area contributed by atoms with Gasteiger partial charge in [0.25, 0.3) is 0 Å². The van der Waals surface area contributed by atoms with Gasteiger partial charge in [-0.3, -0.25) is 4.79 Å². The number of nitrogens with zero attached hydrogens (tertiary/aromatic N) is 3. The summed E-state index contributed by atoms with van der Waals surface area (Å²) in [5.41, 5.74) is 0.00723. The second-order valence-electron chi connectivity index (χ2n) is 7.51. The molecule has 2 saturated carbocycles. The lowest BCUT2D eigenvalue weighted by molar-refractivity contribution is -0.130. The summed E-state index contributed by atoms with van der Waals surface area (Å²) in [7, 11) is 0. The average Bonchev–Trinajstić information content (AvgIpc) is 3.17. The quantitative estimate of drug-likeness (QED) is 0.862. The summed E-state index contributed by atoms with van der Waals surface area (Å²) < 4.78 is 0. The van der Waals surface area contributed by atoms with Crippen molar-refractivity contribution in [1.82, 2.24) is 10.2 Å². The number of nitrogens with one attached hydrogen (secondary N) is 1. The van der Waals surface area contributed by atoms with Gasteiger partial charge in [0.05, 0.1) is 18.7 Å². The number of amides is 1. The predicted molar refractivity (Wildman–Crippen MR) is 81.3 cm³/mol. The second kappa shape index (κ2) is 5.89. The molecular weight excluding hydrogens is 276 g/mol. The molecule has 1 saturated heterocycles. The number of rotatable bonds is 3. The van der Waals surface area contributed by atoms with E-state index in [1.54, 1.807) is 4.90 Å². The van der Waals surface area contributed by atoms with Crippen LogP contribution in [0.1, 0.15) is 45.4 Å². The van der Waals surface area contributed by atoms with Gasteiger partial charge in [-0.05, 0) is 57.3 Å². The van der Waals surface area contributed by atoms with Gasteiger partial charge in [0, 0.05) is 18.0 Å². The lowest BCUT2D eigenvalue weighted by Gasteiger charge is -2.29. The summed E-state index contributed by atoms with van der Waals surface area (Å²) in [5.74, 6) is 1.56. The third-order valence-electron chi connectivity index (χ3n) is 5.84. The maximum absolute atomic E-state index is 12.3. The Kier molecular flexibility index (Phi) is 4.10. The molecule has 118 valence electrons. The Hall–Kier alpha value is -1.59. The van der Waals surface area contributed by atoms with Gasteiger partial charge >= 0.3 is 0 Å². The number of fused-ring (bicyclic) bond motifs is 1. The highest BCUT2D eigenvalue weighted by molar-refractivity contribution is 5.79. The van der Waals surface area contributed by atoms with Gasteiger partial charge in [0.2, 0.25) is 5.91 Å². The van der Waals surface area contributed by atoms with Crippen molar-refractivity contribution in [3.8, 4) is 12.1 Å². The van der Waals surface area contributed by atoms with E-state index in [1.165, 1.54) is 0 Å². The third kappa shape index (κ3) is 2.83. The lowest BCUT2D eigenvalue weighted by Crippen LogP contribution is -2.48. The van der Waals surface area contributed by atoms with Crippen molar-refractivity contribution in [3.05, 3.63) is 0 Å². The van der Waals surface area contributed by atoms with Gasteiger partial charge in [0.1, 0.15) is 6.04 Å². The fourth-order valence-corrected chi connectivity index (χ4v) is 4.79. The van der Waals surface area contributed by atoms with Crippen LogP contribution in [0.15, 0.2) is 0 Å². The molecule has 0 radical (unpaired) electrons. The molecule has 1 heterocycles. The zero-order chi connectivity index (χ0) is 15.7. The Morgan fingerprint density at radius 3 is 2.55 bits per heavy atom. The molecule has 1 amide bonds. The minimum atomic E-state index is -0.235. The van der Waals surface area contributed by atoms with Crippen LogP contribution in [-0.4, -0.2) is 35.5 Å². The first-order valence-electron chi connectivity index (χ1n) is 8.38. The van der Waals surface area contributed by atoms with E-state index in [-0.39, 0.29) is 23.4 Å². The topological polar surface area (TPSA) is 79.9 Å². The highest BCUT2D eigenvalue weighted by atomic mass is 16.2. The second-order valence-corrected chi connectivity index (χ2v) is 7.51. The van der Waals surface area contributed by atoms with E-state index >= 15 is 0 Å². The van der Waals surface area contributed by atoms with E-state index in [9.17, 15) is 4.79 Å². The molecular formula is C17H24N4O. The normalized spacial score (nSPS) is 40.2. The van der Waals surface area contributed by atoms with E-state index in [1.807, 2.05) is 0 Å². The molecule has 1 N–H and O–H groups in total. The van der Waals surface area contributed by atoms with Crippen LogP contribution in [0.3, 0.4) is 0 Å². The van der Waals surface area contributed by atoms with Gasteiger partial charge in [-0.1, -0.05) is 0 Å². The third-order valence-corrected chi connectivity index (χ3v) is 5.84. The first-order valence-corrected chi connectivity index (χ1v) is 8.38. The largest absolute Gasteiger partial charge is 0.326 e. The molecule has 22 heavy (non-hydrogen) atoms. The molecule has 2 aliphatic carbocycles. The van der Waals surface area contributed by atoms with Crippen LogP contribution in [0, 0.1) is 40.4 Å². The van der Waals surface area contributed by atoms with Crippen LogP contribution in [0.25, 0.3) is 0 Å². The number of nitriles is 2. The highest BCUT2D eigenvalue weighted by Gasteiger charge is 2.47. The highest BCUT2D eigenvalue weighted by Crippen LogP contribution is 2.50. The van der Waals surface area contributed by atoms with E-state index in [4.69, 9.17) is 10.5 Å². The first kappa shape index (κ1) is 15.3. The monoisotopic (exact) mass is 300 g/mol. The zero-order valence-corrected chi connectivity index (χ0v) is 13.2. The summed E-state index contributed by atoms with van der Waals surface area (Å²) >= 11 is 0. The number of hydrogen-bond donors (Lipinski definition) is 1. The molecule has 5 nitrogen and oxygen atoms in total. The van der Waals surface area contributed by atoms with Crippen LogP contribution in [0.5, 0.6) is 0 Å². The summed E-state index contributed by atoms with van der Waals surface area (Å²) in [5, 5.41) is 21.6. The van der Waals surface area contributed by atoms with Crippen molar-refractivity contribution < 1.29 is 4.79 Å². The van der Waals surface area contributed by atoms with Gasteiger partial charge in [0.15, 0.2) is 0 Å². The maximum atomic E-state index is 12.3. The molecule has 3 rings (SSSR count). The molecule has 5 atom stereocenters. The van der Waals surface area contributed by atoms with Crippen LogP contribution < -0.4 is 5.32 Å². The van der Waals surface area contributed by atoms with Crippen molar-refractivity contribution in [1.29, 1.82) is 10.5 Å². The van der Waals surface area contributed by atoms with Crippen LogP contribution in [-0.2, 0) is 4.79 Å². The fraction of sp³-hybridized carbons (Fsp3) is 0.824. The SMILES string of the molecule is CC1(NCC(=O)N2CCC[C@H]2C#N)C[C@H]2CC(C#N)C[C@H]2C1. The van der Waals surface area contributed by atoms with Gasteiger partial charge < -0.3 is 10.2 Å². The van der Waals surface area contributed by atoms with Crippen LogP contribution in [0.4, 0.5) is 0 Å². The number of carbonyl (C=O) groups is 1. The van der Waals surface area contributed by atoms with Crippen molar-refractivity contribution >= 4 is 5.91 Å². The van der Waals surface area contributed by atoms with E-state index < -0.39 is 0 Å². The number of likely N-dealkylation sites (tertiary alicyclic amines) is 1. The summed E-state index contributed by atoms with van der Waals surface area (Å²) in [4.78, 5) is 14.0. The van der Waals surface area contributed by atoms with Gasteiger partial charge in [-0.15, -0.1) is 0 Å². The van der Waals surface area contributed by atoms with Crippen molar-refractivity contribution in [3.63, 3.8) is 0 Å². The minimum absolute atomic E-state index is 0.00723. The predicted octanol–water partition coefficient (Wildman–Crippen LogP) is 1.81. The zero-order valence-electron chi connectivity index (χ0n) is 13.2. The smallest absolute Gasteiger partial charge is 0.237 e. The fourth-order valence-electron chi connectivity index (χ4n) is 4.79. The van der Waals surface area contributed by atoms with Crippen LogP contribution in [0.2, 0.25) is 0 Å². The van der Waals surface area contributed by atoms with Crippen molar-refractivity contribution in [2.45, 2.75) is 57.0 Å². The standard InChI is InChI=1S/C17H24N4O/c1-17(7-13-5-12(9-18)6-14(13)8-17)20-11-16(22)21-4-2-3-15(21)10-19/h12-15,20H,2-8,11H2,1H3/t12?,13-,14+,15-,17?/m0/s1. The molecule has 1 aliphatic heterocycles. The average molecular weight is 300 g/mol. The van der Waals surface area contributed by atoms with Crippen molar-refractivity contribution in [2.75, 3.05) is 13.1 Å². The summed E-state index contributed by atoms with van der Waals surface area (Å²) in [6.45, 7) is 3.24. The molecule has 0 aromatic rings. The Morgan fingerprint density at radius 2 is 1.95 bits per heavy atom. The van der Waals surface area contributed by atoms with E-state index in [0.717, 1.165) is 38.5 Å². The summed E-state index contributed by atoms with van der Waals surface area (Å²) in [6.07, 6.45) is 5.90. The Morgan fingerprint density at radius 1 is 1.27 bits per heavy atom. The Labute approximate surface area is 132 Å². The molecule has 0 bridgehead atoms. The number of hydrogen-bond acceptors (Lipinski definition) is 4. The molecule has 3 fully saturated rings. The Balaban J connectivity index is 1.51. The number of carbonyl (C=O) groups excluding carboxylic acids is 1. The maximum Gasteiger partial charge on any atom is 0.237 e. The van der Waals surface area contributed by atoms with Crippen molar-refractivity contribution in [2.24, 2.45) is 17.8 Å². The summed E-state index contributed by atoms with van der Waals surface area (Å²) in [6, 6.07) is 4.39. The molecule has 2 unspecified atom stereocenters. The lowest BCUT2D eigenvalue weighted by atomic mass is 9.93.